The van der Waals surface area contributed by atoms with Crippen LogP contribution in [-0.2, 0) is 0 Å². The number of aromatic nitrogens is 1. The number of quaternary nitrogens is 1. The summed E-state index contributed by atoms with van der Waals surface area (Å²) in [5.74, 6) is 0.0333. The average molecular weight is 354 g/mol. The maximum absolute atomic E-state index is 13.2. The Morgan fingerprint density at radius 2 is 1.84 bits per heavy atom. The van der Waals surface area contributed by atoms with Crippen LogP contribution in [0.3, 0.4) is 0 Å². The SMILES string of the molecule is Cc1ccccc1C(=O)N(CCC[NH+](C)C)c1nc2ccccc2s1. The maximum Gasteiger partial charge on any atom is 0.260 e. The fourth-order valence-corrected chi connectivity index (χ4v) is 3.80. The molecule has 0 spiro atoms. The first kappa shape index (κ1) is 17.6. The van der Waals surface area contributed by atoms with Gasteiger partial charge in [-0.25, -0.2) is 4.98 Å². The summed E-state index contributed by atoms with van der Waals surface area (Å²) in [6, 6.07) is 15.8. The summed E-state index contributed by atoms with van der Waals surface area (Å²) >= 11 is 1.58. The second kappa shape index (κ2) is 7.76. The van der Waals surface area contributed by atoms with Crippen LogP contribution in [0.5, 0.6) is 0 Å². The van der Waals surface area contributed by atoms with Crippen LogP contribution in [0.15, 0.2) is 48.5 Å². The summed E-state index contributed by atoms with van der Waals surface area (Å²) in [6.07, 6.45) is 0.940. The van der Waals surface area contributed by atoms with Gasteiger partial charge in [0.15, 0.2) is 5.13 Å². The highest BCUT2D eigenvalue weighted by Crippen LogP contribution is 2.30. The normalized spacial score (nSPS) is 11.2. The highest BCUT2D eigenvalue weighted by Gasteiger charge is 2.22. The number of rotatable bonds is 6. The van der Waals surface area contributed by atoms with E-state index in [9.17, 15) is 4.79 Å². The molecule has 0 radical (unpaired) electrons. The Morgan fingerprint density at radius 1 is 1.12 bits per heavy atom. The molecule has 0 aliphatic carbocycles. The summed E-state index contributed by atoms with van der Waals surface area (Å²) in [4.78, 5) is 21.1. The predicted molar refractivity (Wildman–Crippen MR) is 105 cm³/mol. The zero-order chi connectivity index (χ0) is 17.8. The van der Waals surface area contributed by atoms with Gasteiger partial charge in [0.1, 0.15) is 0 Å². The van der Waals surface area contributed by atoms with E-state index >= 15 is 0 Å². The molecule has 0 bridgehead atoms. The molecule has 4 nitrogen and oxygen atoms in total. The summed E-state index contributed by atoms with van der Waals surface area (Å²) < 4.78 is 1.11. The van der Waals surface area contributed by atoms with E-state index in [4.69, 9.17) is 4.98 Å². The Bertz CT molecular complexity index is 839. The first-order valence-electron chi connectivity index (χ1n) is 8.58. The van der Waals surface area contributed by atoms with E-state index in [1.807, 2.05) is 54.3 Å². The third-order valence-corrected chi connectivity index (χ3v) is 5.25. The fraction of sp³-hybridized carbons (Fsp3) is 0.300. The Hall–Kier alpha value is -2.24. The first-order chi connectivity index (χ1) is 12.1. The van der Waals surface area contributed by atoms with Gasteiger partial charge in [0, 0.05) is 18.5 Å². The zero-order valence-corrected chi connectivity index (χ0v) is 15.8. The van der Waals surface area contributed by atoms with E-state index in [-0.39, 0.29) is 5.91 Å². The standard InChI is InChI=1S/C20H23N3OS/c1-15-9-4-5-10-16(15)19(24)23(14-8-13-22(2)3)20-21-17-11-6-7-12-18(17)25-20/h4-7,9-12H,8,13-14H2,1-3H3/p+1. The lowest BCUT2D eigenvalue weighted by molar-refractivity contribution is -0.858. The number of nitrogens with zero attached hydrogens (tertiary/aromatic N) is 2. The molecule has 0 aliphatic heterocycles. The number of thiazole rings is 1. The molecule has 3 rings (SSSR count). The third-order valence-electron chi connectivity index (χ3n) is 4.19. The van der Waals surface area contributed by atoms with Crippen molar-refractivity contribution in [3.8, 4) is 0 Å². The van der Waals surface area contributed by atoms with Crippen LogP contribution >= 0.6 is 11.3 Å². The molecular weight excluding hydrogens is 330 g/mol. The van der Waals surface area contributed by atoms with E-state index in [0.717, 1.165) is 39.4 Å². The van der Waals surface area contributed by atoms with Gasteiger partial charge in [0.2, 0.25) is 0 Å². The number of benzene rings is 2. The van der Waals surface area contributed by atoms with Crippen molar-refractivity contribution in [1.82, 2.24) is 4.98 Å². The van der Waals surface area contributed by atoms with Crippen LogP contribution in [0.2, 0.25) is 0 Å². The molecule has 0 atom stereocenters. The molecule has 1 aromatic heterocycles. The Balaban J connectivity index is 1.94. The molecule has 5 heteroatoms. The smallest absolute Gasteiger partial charge is 0.260 e. The lowest BCUT2D eigenvalue weighted by atomic mass is 10.1. The number of carbonyl (C=O) groups is 1. The quantitative estimate of drug-likeness (QED) is 0.739. The molecule has 0 saturated carbocycles. The van der Waals surface area contributed by atoms with Crippen molar-refractivity contribution >= 4 is 32.6 Å². The Morgan fingerprint density at radius 3 is 2.56 bits per heavy atom. The van der Waals surface area contributed by atoms with E-state index in [2.05, 4.69) is 20.2 Å². The molecule has 0 unspecified atom stereocenters. The van der Waals surface area contributed by atoms with Crippen LogP contribution < -0.4 is 9.80 Å². The molecule has 0 saturated heterocycles. The van der Waals surface area contributed by atoms with E-state index in [0.29, 0.717) is 6.54 Å². The van der Waals surface area contributed by atoms with Crippen LogP contribution in [0, 0.1) is 6.92 Å². The van der Waals surface area contributed by atoms with Crippen molar-refractivity contribution in [2.45, 2.75) is 13.3 Å². The van der Waals surface area contributed by atoms with Gasteiger partial charge in [-0.15, -0.1) is 0 Å². The van der Waals surface area contributed by atoms with Gasteiger partial charge in [-0.2, -0.15) is 0 Å². The largest absolute Gasteiger partial charge is 0.340 e. The minimum absolute atomic E-state index is 0.0333. The first-order valence-corrected chi connectivity index (χ1v) is 9.40. The second-order valence-corrected chi connectivity index (χ2v) is 7.56. The highest BCUT2D eigenvalue weighted by molar-refractivity contribution is 7.22. The monoisotopic (exact) mass is 354 g/mol. The average Bonchev–Trinajstić information content (AvgIpc) is 3.02. The number of fused-ring (bicyclic) bond motifs is 1. The van der Waals surface area contributed by atoms with Crippen LogP contribution in [0.1, 0.15) is 22.3 Å². The van der Waals surface area contributed by atoms with Gasteiger partial charge in [-0.3, -0.25) is 9.69 Å². The van der Waals surface area contributed by atoms with Crippen molar-refractivity contribution < 1.29 is 9.69 Å². The molecule has 25 heavy (non-hydrogen) atoms. The molecule has 2 aromatic carbocycles. The molecular formula is C20H24N3OS+. The number of carbonyl (C=O) groups excluding carboxylic acids is 1. The van der Waals surface area contributed by atoms with Crippen molar-refractivity contribution in [2.75, 3.05) is 32.1 Å². The van der Waals surface area contributed by atoms with E-state index in [1.165, 1.54) is 4.90 Å². The van der Waals surface area contributed by atoms with Gasteiger partial charge < -0.3 is 4.90 Å². The molecule has 130 valence electrons. The van der Waals surface area contributed by atoms with E-state index < -0.39 is 0 Å². The van der Waals surface area contributed by atoms with Crippen molar-refractivity contribution in [2.24, 2.45) is 0 Å². The van der Waals surface area contributed by atoms with Crippen molar-refractivity contribution in [3.63, 3.8) is 0 Å². The van der Waals surface area contributed by atoms with Crippen LogP contribution in [0.25, 0.3) is 10.2 Å². The Kier molecular flexibility index (Phi) is 5.46. The number of hydrogen-bond donors (Lipinski definition) is 1. The number of aryl methyl sites for hydroxylation is 1. The lowest BCUT2D eigenvalue weighted by Gasteiger charge is -2.21. The minimum Gasteiger partial charge on any atom is -0.340 e. The minimum atomic E-state index is 0.0333. The lowest BCUT2D eigenvalue weighted by Crippen LogP contribution is -3.05. The van der Waals surface area contributed by atoms with Crippen LogP contribution in [0.4, 0.5) is 5.13 Å². The Labute approximate surface area is 152 Å². The van der Waals surface area contributed by atoms with E-state index in [1.54, 1.807) is 11.3 Å². The number of hydrogen-bond acceptors (Lipinski definition) is 3. The summed E-state index contributed by atoms with van der Waals surface area (Å²) in [7, 11) is 4.26. The number of anilines is 1. The molecule has 1 amide bonds. The zero-order valence-electron chi connectivity index (χ0n) is 15.0. The number of amides is 1. The second-order valence-electron chi connectivity index (χ2n) is 6.55. The summed E-state index contributed by atoms with van der Waals surface area (Å²) in [5, 5.41) is 0.781. The summed E-state index contributed by atoms with van der Waals surface area (Å²) in [5.41, 5.74) is 2.69. The number of para-hydroxylation sites is 1. The maximum atomic E-state index is 13.2. The van der Waals surface area contributed by atoms with Gasteiger partial charge in [-0.1, -0.05) is 41.7 Å². The fourth-order valence-electron chi connectivity index (χ4n) is 2.81. The molecule has 0 fully saturated rings. The third kappa shape index (κ3) is 4.06. The van der Waals surface area contributed by atoms with Crippen LogP contribution in [-0.4, -0.2) is 38.1 Å². The molecule has 3 aromatic rings. The summed E-state index contributed by atoms with van der Waals surface area (Å²) in [6.45, 7) is 3.67. The highest BCUT2D eigenvalue weighted by atomic mass is 32.1. The molecule has 0 aliphatic rings. The number of nitrogens with one attached hydrogen (secondary N) is 1. The topological polar surface area (TPSA) is 37.6 Å². The predicted octanol–water partition coefficient (Wildman–Crippen LogP) is 2.79. The van der Waals surface area contributed by atoms with Crippen molar-refractivity contribution in [3.05, 3.63) is 59.7 Å². The molecule has 1 heterocycles. The van der Waals surface area contributed by atoms with Gasteiger partial charge >= 0.3 is 0 Å². The molecule has 1 N–H and O–H groups in total. The van der Waals surface area contributed by atoms with Gasteiger partial charge in [-0.05, 0) is 30.7 Å². The van der Waals surface area contributed by atoms with Gasteiger partial charge in [0.05, 0.1) is 30.9 Å². The van der Waals surface area contributed by atoms with Gasteiger partial charge in [0.25, 0.3) is 5.91 Å². The van der Waals surface area contributed by atoms with Crippen molar-refractivity contribution in [1.29, 1.82) is 0 Å².